The summed E-state index contributed by atoms with van der Waals surface area (Å²) in [6, 6.07) is 23.8. The van der Waals surface area contributed by atoms with E-state index >= 15 is 0 Å². The Morgan fingerprint density at radius 2 is 1.42 bits per heavy atom. The van der Waals surface area contributed by atoms with Crippen molar-refractivity contribution in [3.63, 3.8) is 0 Å². The number of likely N-dealkylation sites (tertiary alicyclic amines) is 1. The molecule has 1 atom stereocenters. The molecule has 3 amide bonds. The maximum atomic E-state index is 13.3. The van der Waals surface area contributed by atoms with E-state index in [-0.39, 0.29) is 35.1 Å². The van der Waals surface area contributed by atoms with E-state index in [1.807, 2.05) is 53.4 Å². The van der Waals surface area contributed by atoms with Crippen LogP contribution in [0.5, 0.6) is 0 Å². The smallest absolute Gasteiger partial charge is 0.255 e. The van der Waals surface area contributed by atoms with Crippen LogP contribution in [0.4, 0.5) is 5.82 Å². The van der Waals surface area contributed by atoms with Crippen LogP contribution in [0.15, 0.2) is 85.1 Å². The highest BCUT2D eigenvalue weighted by Gasteiger charge is 2.29. The Morgan fingerprint density at radius 3 is 2.09 bits per heavy atom. The van der Waals surface area contributed by atoms with Gasteiger partial charge < -0.3 is 25.8 Å². The molecule has 4 aromatic rings. The van der Waals surface area contributed by atoms with Gasteiger partial charge in [-0.1, -0.05) is 54.1 Å². The summed E-state index contributed by atoms with van der Waals surface area (Å²) >= 11 is 6.32. The molecule has 2 aliphatic rings. The van der Waals surface area contributed by atoms with Gasteiger partial charge in [-0.25, -0.2) is 4.98 Å². The van der Waals surface area contributed by atoms with Crippen molar-refractivity contribution in [2.45, 2.75) is 12.5 Å². The molecule has 3 N–H and O–H groups in total. The predicted molar refractivity (Wildman–Crippen MR) is 176 cm³/mol. The number of aromatic nitrogens is 1. The maximum absolute atomic E-state index is 13.3. The Kier molecular flexibility index (Phi) is 8.82. The van der Waals surface area contributed by atoms with Crippen molar-refractivity contribution in [2.75, 3.05) is 52.0 Å². The largest absolute Gasteiger partial charge is 0.383 e. The number of amides is 3. The van der Waals surface area contributed by atoms with Crippen LogP contribution in [0.2, 0.25) is 5.02 Å². The van der Waals surface area contributed by atoms with Crippen LogP contribution in [0, 0.1) is 0 Å². The van der Waals surface area contributed by atoms with E-state index in [0.717, 1.165) is 35.3 Å². The van der Waals surface area contributed by atoms with Gasteiger partial charge in [0, 0.05) is 78.8 Å². The first-order chi connectivity index (χ1) is 21.8. The van der Waals surface area contributed by atoms with Crippen LogP contribution in [-0.4, -0.2) is 89.8 Å². The normalized spacial score (nSPS) is 16.9. The lowest BCUT2D eigenvalue weighted by molar-refractivity contribution is 0.0663. The second-order valence-electron chi connectivity index (χ2n) is 11.6. The quantitative estimate of drug-likeness (QED) is 0.323. The molecular formula is C35H35ClN6O3. The minimum Gasteiger partial charge on any atom is -0.383 e. The van der Waals surface area contributed by atoms with Crippen LogP contribution < -0.4 is 11.1 Å². The minimum absolute atomic E-state index is 0.0170. The summed E-state index contributed by atoms with van der Waals surface area (Å²) in [6.07, 6.45) is 2.25. The third kappa shape index (κ3) is 6.69. The number of carbonyl (C=O) groups is 3. The van der Waals surface area contributed by atoms with E-state index in [2.05, 4.69) is 22.2 Å². The fourth-order valence-electron chi connectivity index (χ4n) is 5.81. The standard InChI is InChI=1S/C35H35ClN6O3/c1-40-16-18-41(19-17-40)34(44)25-10-6-23(7-11-25)27-20-30(32(37)38-21-27)33(43)39-28-14-15-42(22-28)35(45)26-12-8-24(9-13-26)29-4-2-3-5-31(29)36/h2-13,20-21,28H,14-19,22H2,1H3,(H2,37,38)(H,39,43). The first-order valence-corrected chi connectivity index (χ1v) is 15.4. The summed E-state index contributed by atoms with van der Waals surface area (Å²) in [4.78, 5) is 49.5. The fourth-order valence-corrected chi connectivity index (χ4v) is 6.05. The third-order valence-electron chi connectivity index (χ3n) is 8.55. The van der Waals surface area contributed by atoms with Gasteiger partial charge in [0.1, 0.15) is 5.82 Å². The minimum atomic E-state index is -0.341. The van der Waals surface area contributed by atoms with E-state index in [1.165, 1.54) is 0 Å². The van der Waals surface area contributed by atoms with Gasteiger partial charge in [-0.3, -0.25) is 14.4 Å². The molecule has 230 valence electrons. The molecule has 3 heterocycles. The topological polar surface area (TPSA) is 112 Å². The van der Waals surface area contributed by atoms with Crippen molar-refractivity contribution >= 4 is 35.1 Å². The predicted octanol–water partition coefficient (Wildman–Crippen LogP) is 4.68. The number of hydrogen-bond donors (Lipinski definition) is 2. The van der Waals surface area contributed by atoms with E-state index in [1.54, 1.807) is 41.4 Å². The Bertz CT molecular complexity index is 1720. The number of pyridine rings is 1. The molecule has 9 nitrogen and oxygen atoms in total. The van der Waals surface area contributed by atoms with Crippen LogP contribution in [0.1, 0.15) is 37.5 Å². The summed E-state index contributed by atoms with van der Waals surface area (Å²) in [5.74, 6) is -0.284. The number of nitrogen functional groups attached to an aromatic ring is 1. The lowest BCUT2D eigenvalue weighted by atomic mass is 10.0. The molecule has 0 radical (unpaired) electrons. The molecule has 1 aromatic heterocycles. The SMILES string of the molecule is CN1CCN(C(=O)c2ccc(-c3cnc(N)c(C(=O)NC4CCN(C(=O)c5ccc(-c6ccccc6Cl)cc5)C4)c3)cc2)CC1. The number of carbonyl (C=O) groups excluding carboxylic acids is 3. The molecule has 2 aliphatic heterocycles. The van der Waals surface area contributed by atoms with Gasteiger partial charge in [-0.05, 0) is 61.0 Å². The van der Waals surface area contributed by atoms with Gasteiger partial charge >= 0.3 is 0 Å². The number of anilines is 1. The summed E-state index contributed by atoms with van der Waals surface area (Å²) < 4.78 is 0. The van der Waals surface area contributed by atoms with Crippen LogP contribution in [0.25, 0.3) is 22.3 Å². The number of nitrogens with two attached hydrogens (primary N) is 1. The molecule has 6 rings (SSSR count). The highest BCUT2D eigenvalue weighted by atomic mass is 35.5. The van der Waals surface area contributed by atoms with Crippen molar-refractivity contribution in [1.29, 1.82) is 0 Å². The van der Waals surface area contributed by atoms with Gasteiger partial charge in [0.15, 0.2) is 0 Å². The third-order valence-corrected chi connectivity index (χ3v) is 8.88. The molecule has 3 aromatic carbocycles. The molecular weight excluding hydrogens is 588 g/mol. The molecule has 2 fully saturated rings. The van der Waals surface area contributed by atoms with Crippen molar-refractivity contribution in [3.05, 3.63) is 107 Å². The summed E-state index contributed by atoms with van der Waals surface area (Å²) in [7, 11) is 2.06. The summed E-state index contributed by atoms with van der Waals surface area (Å²) in [6.45, 7) is 4.07. The van der Waals surface area contributed by atoms with Crippen molar-refractivity contribution in [2.24, 2.45) is 0 Å². The van der Waals surface area contributed by atoms with Gasteiger partial charge in [-0.2, -0.15) is 0 Å². The number of nitrogens with one attached hydrogen (secondary N) is 1. The van der Waals surface area contributed by atoms with Crippen molar-refractivity contribution < 1.29 is 14.4 Å². The number of hydrogen-bond acceptors (Lipinski definition) is 6. The van der Waals surface area contributed by atoms with Crippen LogP contribution in [0.3, 0.4) is 0 Å². The average Bonchev–Trinajstić information content (AvgIpc) is 3.53. The van der Waals surface area contributed by atoms with E-state index in [0.29, 0.717) is 48.7 Å². The number of nitrogens with zero attached hydrogens (tertiary/aromatic N) is 4. The van der Waals surface area contributed by atoms with Gasteiger partial charge in [0.2, 0.25) is 0 Å². The monoisotopic (exact) mass is 622 g/mol. The summed E-state index contributed by atoms with van der Waals surface area (Å²) in [5, 5.41) is 3.69. The van der Waals surface area contributed by atoms with Crippen molar-refractivity contribution in [1.82, 2.24) is 25.0 Å². The lowest BCUT2D eigenvalue weighted by Gasteiger charge is -2.32. The Labute approximate surface area is 267 Å². The molecule has 2 saturated heterocycles. The van der Waals surface area contributed by atoms with Crippen LogP contribution >= 0.6 is 11.6 Å². The molecule has 0 spiro atoms. The number of benzene rings is 3. The van der Waals surface area contributed by atoms with Gasteiger partial charge in [0.25, 0.3) is 17.7 Å². The van der Waals surface area contributed by atoms with E-state index in [4.69, 9.17) is 17.3 Å². The maximum Gasteiger partial charge on any atom is 0.255 e. The van der Waals surface area contributed by atoms with E-state index in [9.17, 15) is 14.4 Å². The first-order valence-electron chi connectivity index (χ1n) is 15.1. The zero-order valence-electron chi connectivity index (χ0n) is 25.1. The zero-order chi connectivity index (χ0) is 31.5. The zero-order valence-corrected chi connectivity index (χ0v) is 25.8. The Hall–Kier alpha value is -4.73. The molecule has 1 unspecified atom stereocenters. The highest BCUT2D eigenvalue weighted by Crippen LogP contribution is 2.28. The number of halogens is 1. The number of likely N-dealkylation sites (N-methyl/N-ethyl adjacent to an activating group) is 1. The Morgan fingerprint density at radius 1 is 0.800 bits per heavy atom. The highest BCUT2D eigenvalue weighted by molar-refractivity contribution is 6.33. The van der Waals surface area contributed by atoms with Crippen molar-refractivity contribution in [3.8, 4) is 22.3 Å². The summed E-state index contributed by atoms with van der Waals surface area (Å²) in [5.41, 5.74) is 11.0. The molecule has 10 heteroatoms. The Balaban J connectivity index is 1.07. The molecule has 45 heavy (non-hydrogen) atoms. The molecule has 0 saturated carbocycles. The second-order valence-corrected chi connectivity index (χ2v) is 12.0. The number of piperazine rings is 1. The first kappa shape index (κ1) is 30.3. The fraction of sp³-hybridized carbons (Fsp3) is 0.257. The molecule has 0 aliphatic carbocycles. The lowest BCUT2D eigenvalue weighted by Crippen LogP contribution is -2.47. The van der Waals surface area contributed by atoms with Crippen LogP contribution in [-0.2, 0) is 0 Å². The number of rotatable bonds is 6. The second kappa shape index (κ2) is 13.1. The van der Waals surface area contributed by atoms with E-state index < -0.39 is 0 Å². The van der Waals surface area contributed by atoms with Gasteiger partial charge in [-0.15, -0.1) is 0 Å². The average molecular weight is 623 g/mol. The molecule has 0 bridgehead atoms. The van der Waals surface area contributed by atoms with Gasteiger partial charge in [0.05, 0.1) is 5.56 Å².